The van der Waals surface area contributed by atoms with Crippen LogP contribution in [0.2, 0.25) is 0 Å². The number of hydrogen-bond acceptors (Lipinski definition) is 4. The molecule has 0 radical (unpaired) electrons. The van der Waals surface area contributed by atoms with Gasteiger partial charge in [0.2, 0.25) is 5.56 Å². The molecule has 1 aromatic heterocycles. The summed E-state index contributed by atoms with van der Waals surface area (Å²) in [6.45, 7) is 8.13. The van der Waals surface area contributed by atoms with Crippen molar-refractivity contribution in [3.05, 3.63) is 64.1 Å². The number of aromatic amines is 1. The van der Waals surface area contributed by atoms with Gasteiger partial charge < -0.3 is 19.7 Å². The molecule has 2 aromatic rings. The molecule has 2 rings (SSSR count). The van der Waals surface area contributed by atoms with Gasteiger partial charge in [-0.2, -0.15) is 0 Å². The highest BCUT2D eigenvalue weighted by molar-refractivity contribution is 5.70. The fourth-order valence-corrected chi connectivity index (χ4v) is 2.23. The molecule has 1 heterocycles. The average Bonchev–Trinajstić information content (AvgIpc) is 2.72. The summed E-state index contributed by atoms with van der Waals surface area (Å²) in [7, 11) is 2.03. The first-order valence-corrected chi connectivity index (χ1v) is 9.45. The Labute approximate surface area is 162 Å². The van der Waals surface area contributed by atoms with Crippen LogP contribution >= 0.6 is 0 Å². The smallest absolute Gasteiger partial charge is 0.247 e. The first kappa shape index (κ1) is 22.7. The molecule has 0 saturated heterocycles. The lowest BCUT2D eigenvalue weighted by Gasteiger charge is -2.20. The molecule has 0 amide bonds. The molecule has 5 nitrogen and oxygen atoms in total. The number of likely N-dealkylation sites (N-methyl/N-ethyl adjacent to an activating group) is 1. The second kappa shape index (κ2) is 12.9. The largest absolute Gasteiger partial charge is 0.396 e. The first-order chi connectivity index (χ1) is 13.1. The van der Waals surface area contributed by atoms with Gasteiger partial charge in [-0.1, -0.05) is 45.1 Å². The van der Waals surface area contributed by atoms with E-state index in [-0.39, 0.29) is 18.1 Å². The molecular weight excluding hydrogens is 340 g/mol. The minimum Gasteiger partial charge on any atom is -0.396 e. The lowest BCUT2D eigenvalue weighted by Crippen LogP contribution is -2.23. The maximum Gasteiger partial charge on any atom is 0.247 e. The number of ether oxygens (including phenoxy) is 1. The minimum atomic E-state index is -0.0978. The number of rotatable bonds is 9. The van der Waals surface area contributed by atoms with E-state index in [9.17, 15) is 4.79 Å². The van der Waals surface area contributed by atoms with E-state index in [0.717, 1.165) is 23.4 Å². The topological polar surface area (TPSA) is 65.6 Å². The SMILES string of the molecule is CC.CC(CO)COCCN(C)c1ccc(/C=C/c2ccc(=O)[nH]c2)cc1. The number of benzene rings is 1. The molecule has 1 atom stereocenters. The third-order valence-corrected chi connectivity index (χ3v) is 3.90. The molecule has 0 bridgehead atoms. The number of nitrogens with zero attached hydrogens (tertiary/aromatic N) is 1. The standard InChI is InChI=1S/C20H26N2O3.C2H6/c1-16(14-23)15-25-12-11-22(2)19-8-5-17(6-9-19)3-4-18-7-10-20(24)21-13-18;1-2/h3-10,13,16,23H,11-12,14-15H2,1-2H3,(H,21,24);1-2H3/b4-3+;. The summed E-state index contributed by atoms with van der Waals surface area (Å²) in [5, 5.41) is 8.96. The van der Waals surface area contributed by atoms with Crippen molar-refractivity contribution in [2.45, 2.75) is 20.8 Å². The quantitative estimate of drug-likeness (QED) is 0.660. The van der Waals surface area contributed by atoms with E-state index in [2.05, 4.69) is 34.1 Å². The van der Waals surface area contributed by atoms with Crippen LogP contribution in [0.4, 0.5) is 5.69 Å². The van der Waals surface area contributed by atoms with Crippen molar-refractivity contribution in [2.24, 2.45) is 5.92 Å². The van der Waals surface area contributed by atoms with Gasteiger partial charge in [0, 0.05) is 44.1 Å². The summed E-state index contributed by atoms with van der Waals surface area (Å²) in [6, 6.07) is 11.6. The number of aliphatic hydroxyl groups is 1. The zero-order chi connectivity index (χ0) is 20.1. The van der Waals surface area contributed by atoms with Gasteiger partial charge in [-0.15, -0.1) is 0 Å². The molecule has 5 heteroatoms. The van der Waals surface area contributed by atoms with Gasteiger partial charge in [-0.05, 0) is 29.3 Å². The van der Waals surface area contributed by atoms with Crippen LogP contribution in [0.5, 0.6) is 0 Å². The number of pyridine rings is 1. The first-order valence-electron chi connectivity index (χ1n) is 9.45. The van der Waals surface area contributed by atoms with Gasteiger partial charge in [0.15, 0.2) is 0 Å². The minimum absolute atomic E-state index is 0.0978. The Kier molecular flexibility index (Phi) is 10.8. The highest BCUT2D eigenvalue weighted by atomic mass is 16.5. The van der Waals surface area contributed by atoms with Gasteiger partial charge in [0.05, 0.1) is 13.2 Å². The Bertz CT molecular complexity index is 703. The predicted octanol–water partition coefficient (Wildman–Crippen LogP) is 3.65. The molecule has 0 aliphatic carbocycles. The maximum atomic E-state index is 11.0. The lowest BCUT2D eigenvalue weighted by molar-refractivity contribution is 0.0844. The number of hydrogen-bond donors (Lipinski definition) is 2. The number of nitrogens with one attached hydrogen (secondary N) is 1. The third kappa shape index (κ3) is 8.71. The van der Waals surface area contributed by atoms with Crippen molar-refractivity contribution >= 4 is 17.8 Å². The van der Waals surface area contributed by atoms with Crippen molar-refractivity contribution in [3.8, 4) is 0 Å². The third-order valence-electron chi connectivity index (χ3n) is 3.90. The Hall–Kier alpha value is -2.37. The monoisotopic (exact) mass is 372 g/mol. The molecular formula is C22H32N2O3. The molecule has 27 heavy (non-hydrogen) atoms. The average molecular weight is 373 g/mol. The molecule has 0 fully saturated rings. The van der Waals surface area contributed by atoms with Crippen LogP contribution in [0, 0.1) is 5.92 Å². The Balaban J connectivity index is 0.00000176. The van der Waals surface area contributed by atoms with Crippen molar-refractivity contribution < 1.29 is 9.84 Å². The zero-order valence-corrected chi connectivity index (χ0v) is 16.8. The van der Waals surface area contributed by atoms with Crippen molar-refractivity contribution in [2.75, 3.05) is 38.3 Å². The molecule has 0 spiro atoms. The highest BCUT2D eigenvalue weighted by Crippen LogP contribution is 2.15. The maximum absolute atomic E-state index is 11.0. The van der Waals surface area contributed by atoms with Gasteiger partial charge in [0.1, 0.15) is 0 Å². The van der Waals surface area contributed by atoms with E-state index in [1.807, 2.05) is 40.0 Å². The van der Waals surface area contributed by atoms with Gasteiger partial charge >= 0.3 is 0 Å². The van der Waals surface area contributed by atoms with Gasteiger partial charge in [0.25, 0.3) is 0 Å². The summed E-state index contributed by atoms with van der Waals surface area (Å²) in [5.74, 6) is 0.179. The number of aliphatic hydroxyl groups excluding tert-OH is 1. The van der Waals surface area contributed by atoms with E-state index in [1.165, 1.54) is 6.07 Å². The lowest BCUT2D eigenvalue weighted by atomic mass is 10.1. The number of H-pyrrole nitrogens is 1. The second-order valence-corrected chi connectivity index (χ2v) is 6.20. The van der Waals surface area contributed by atoms with Crippen LogP contribution in [0.1, 0.15) is 31.9 Å². The Morgan fingerprint density at radius 2 is 1.74 bits per heavy atom. The zero-order valence-electron chi connectivity index (χ0n) is 16.8. The van der Waals surface area contributed by atoms with Gasteiger partial charge in [-0.3, -0.25) is 4.79 Å². The summed E-state index contributed by atoms with van der Waals surface area (Å²) < 4.78 is 5.56. The fraction of sp³-hybridized carbons (Fsp3) is 0.409. The Morgan fingerprint density at radius 1 is 1.11 bits per heavy atom. The van der Waals surface area contributed by atoms with E-state index < -0.39 is 0 Å². The van der Waals surface area contributed by atoms with Crippen molar-refractivity contribution in [1.29, 1.82) is 0 Å². The van der Waals surface area contributed by atoms with E-state index >= 15 is 0 Å². The molecule has 1 aromatic carbocycles. The second-order valence-electron chi connectivity index (χ2n) is 6.20. The van der Waals surface area contributed by atoms with Crippen LogP contribution in [-0.2, 0) is 4.74 Å². The summed E-state index contributed by atoms with van der Waals surface area (Å²) in [4.78, 5) is 15.8. The number of anilines is 1. The van der Waals surface area contributed by atoms with E-state index in [0.29, 0.717) is 13.2 Å². The predicted molar refractivity (Wildman–Crippen MR) is 114 cm³/mol. The van der Waals surface area contributed by atoms with E-state index in [4.69, 9.17) is 9.84 Å². The van der Waals surface area contributed by atoms with Crippen LogP contribution in [0.25, 0.3) is 12.2 Å². The van der Waals surface area contributed by atoms with Crippen LogP contribution < -0.4 is 10.5 Å². The number of aromatic nitrogens is 1. The molecule has 2 N–H and O–H groups in total. The van der Waals surface area contributed by atoms with Crippen LogP contribution in [0.3, 0.4) is 0 Å². The molecule has 0 saturated carbocycles. The molecule has 1 unspecified atom stereocenters. The summed E-state index contributed by atoms with van der Waals surface area (Å²) in [6.07, 6.45) is 5.67. The molecule has 148 valence electrons. The highest BCUT2D eigenvalue weighted by Gasteiger charge is 2.03. The summed E-state index contributed by atoms with van der Waals surface area (Å²) >= 11 is 0. The van der Waals surface area contributed by atoms with Crippen molar-refractivity contribution in [3.63, 3.8) is 0 Å². The van der Waals surface area contributed by atoms with Gasteiger partial charge in [-0.25, -0.2) is 0 Å². The van der Waals surface area contributed by atoms with E-state index in [1.54, 1.807) is 12.3 Å². The Morgan fingerprint density at radius 3 is 2.33 bits per heavy atom. The van der Waals surface area contributed by atoms with Crippen molar-refractivity contribution in [1.82, 2.24) is 4.98 Å². The molecule has 0 aliphatic heterocycles. The molecule has 0 aliphatic rings. The fourth-order valence-electron chi connectivity index (χ4n) is 2.23. The van der Waals surface area contributed by atoms with Crippen LogP contribution in [-0.4, -0.2) is 43.5 Å². The van der Waals surface area contributed by atoms with Crippen LogP contribution in [0.15, 0.2) is 47.4 Å². The normalized spacial score (nSPS) is 11.7. The summed E-state index contributed by atoms with van der Waals surface area (Å²) in [5.41, 5.74) is 3.07.